The van der Waals surface area contributed by atoms with Crippen molar-refractivity contribution in [2.45, 2.75) is 37.9 Å². The molecule has 6 heteroatoms. The number of hydrogen-bond acceptors (Lipinski definition) is 4. The van der Waals surface area contributed by atoms with Crippen LogP contribution in [0.2, 0.25) is 5.02 Å². The molecule has 3 aliphatic heterocycles. The van der Waals surface area contributed by atoms with E-state index in [2.05, 4.69) is 6.92 Å². The van der Waals surface area contributed by atoms with Crippen LogP contribution in [0.5, 0.6) is 0 Å². The Morgan fingerprint density at radius 3 is 2.85 bits per heavy atom. The Kier molecular flexibility index (Phi) is 4.53. The van der Waals surface area contributed by atoms with Gasteiger partial charge in [-0.3, -0.25) is 9.59 Å². The van der Waals surface area contributed by atoms with Gasteiger partial charge in [0.15, 0.2) is 0 Å². The van der Waals surface area contributed by atoms with E-state index in [0.717, 1.165) is 24.9 Å². The van der Waals surface area contributed by atoms with Gasteiger partial charge in [0.1, 0.15) is 11.5 Å². The Labute approximate surface area is 157 Å². The smallest absolute Gasteiger partial charge is 0.312 e. The SMILES string of the molecule is CCCCCOC(=O)[C@@H]1[C@@H]2C=C[C@]3(CN(c4ccc(Cl)cc4)C(=O)[C@H]13)O2. The van der Waals surface area contributed by atoms with Crippen molar-refractivity contribution >= 4 is 29.2 Å². The number of esters is 1. The maximum atomic E-state index is 13.1. The van der Waals surface area contributed by atoms with Crippen LogP contribution in [0.25, 0.3) is 0 Å². The van der Waals surface area contributed by atoms with Crippen molar-refractivity contribution in [2.24, 2.45) is 11.8 Å². The maximum Gasteiger partial charge on any atom is 0.312 e. The first-order valence-corrected chi connectivity index (χ1v) is 9.54. The number of amides is 1. The number of carbonyl (C=O) groups excluding carboxylic acids is 2. The van der Waals surface area contributed by atoms with E-state index < -0.39 is 17.4 Å². The number of carbonyl (C=O) groups is 2. The van der Waals surface area contributed by atoms with Crippen LogP contribution in [0.4, 0.5) is 5.69 Å². The number of nitrogens with zero attached hydrogens (tertiary/aromatic N) is 1. The first-order chi connectivity index (χ1) is 12.6. The van der Waals surface area contributed by atoms with Crippen LogP contribution in [0.15, 0.2) is 36.4 Å². The van der Waals surface area contributed by atoms with E-state index in [1.165, 1.54) is 0 Å². The lowest BCUT2D eigenvalue weighted by molar-refractivity contribution is -0.152. The summed E-state index contributed by atoms with van der Waals surface area (Å²) in [5, 5.41) is 0.615. The highest BCUT2D eigenvalue weighted by atomic mass is 35.5. The third kappa shape index (κ3) is 2.74. The zero-order valence-corrected chi connectivity index (χ0v) is 15.4. The summed E-state index contributed by atoms with van der Waals surface area (Å²) in [5.41, 5.74) is 0.0350. The molecule has 1 aromatic carbocycles. The summed E-state index contributed by atoms with van der Waals surface area (Å²) in [5.74, 6) is -1.50. The summed E-state index contributed by atoms with van der Waals surface area (Å²) in [7, 11) is 0. The van der Waals surface area contributed by atoms with Crippen LogP contribution in [-0.2, 0) is 19.1 Å². The lowest BCUT2D eigenvalue weighted by Gasteiger charge is -2.22. The van der Waals surface area contributed by atoms with Crippen LogP contribution in [0, 0.1) is 11.8 Å². The minimum atomic E-state index is -0.728. The molecule has 3 aliphatic rings. The largest absolute Gasteiger partial charge is 0.465 e. The van der Waals surface area contributed by atoms with Gasteiger partial charge >= 0.3 is 5.97 Å². The molecule has 0 unspecified atom stereocenters. The second-order valence-electron chi connectivity index (χ2n) is 7.18. The number of benzene rings is 1. The van der Waals surface area contributed by atoms with Gasteiger partial charge in [0, 0.05) is 10.7 Å². The lowest BCUT2D eigenvalue weighted by Crippen LogP contribution is -2.40. The Morgan fingerprint density at radius 1 is 1.35 bits per heavy atom. The zero-order chi connectivity index (χ0) is 18.3. The van der Waals surface area contributed by atoms with Crippen LogP contribution >= 0.6 is 11.6 Å². The van der Waals surface area contributed by atoms with Crippen LogP contribution in [0.1, 0.15) is 26.2 Å². The molecule has 138 valence electrons. The minimum absolute atomic E-state index is 0.0883. The summed E-state index contributed by atoms with van der Waals surface area (Å²) in [6.45, 7) is 2.90. The summed E-state index contributed by atoms with van der Waals surface area (Å²) in [4.78, 5) is 27.5. The van der Waals surface area contributed by atoms with Crippen LogP contribution in [0.3, 0.4) is 0 Å². The average molecular weight is 376 g/mol. The number of halogens is 1. The first-order valence-electron chi connectivity index (χ1n) is 9.16. The Balaban J connectivity index is 1.53. The van der Waals surface area contributed by atoms with Crippen LogP contribution < -0.4 is 4.90 Å². The molecule has 0 aliphatic carbocycles. The van der Waals surface area contributed by atoms with Crippen molar-refractivity contribution < 1.29 is 19.1 Å². The fraction of sp³-hybridized carbons (Fsp3) is 0.500. The average Bonchev–Trinajstić information content (AvgIpc) is 3.28. The number of rotatable bonds is 6. The molecule has 4 rings (SSSR count). The number of hydrogen-bond donors (Lipinski definition) is 0. The van der Waals surface area contributed by atoms with Gasteiger partial charge in [-0.15, -0.1) is 0 Å². The van der Waals surface area contributed by atoms with E-state index in [0.29, 0.717) is 18.2 Å². The van der Waals surface area contributed by atoms with Gasteiger partial charge in [0.2, 0.25) is 5.91 Å². The van der Waals surface area contributed by atoms with Crippen molar-refractivity contribution in [3.8, 4) is 0 Å². The van der Waals surface area contributed by atoms with E-state index in [4.69, 9.17) is 21.1 Å². The molecule has 2 bridgehead atoms. The summed E-state index contributed by atoms with van der Waals surface area (Å²) in [6, 6.07) is 7.13. The van der Waals surface area contributed by atoms with E-state index in [1.807, 2.05) is 24.3 Å². The normalized spacial score (nSPS) is 31.5. The van der Waals surface area contributed by atoms with Gasteiger partial charge in [0.05, 0.1) is 25.2 Å². The fourth-order valence-corrected chi connectivity index (χ4v) is 4.35. The maximum absolute atomic E-state index is 13.1. The molecule has 26 heavy (non-hydrogen) atoms. The number of fused-ring (bicyclic) bond motifs is 1. The second-order valence-corrected chi connectivity index (χ2v) is 7.61. The van der Waals surface area contributed by atoms with Gasteiger partial charge in [-0.25, -0.2) is 0 Å². The molecular formula is C20H22ClNO4. The van der Waals surface area contributed by atoms with Gasteiger partial charge < -0.3 is 14.4 Å². The van der Waals surface area contributed by atoms with Gasteiger partial charge in [-0.2, -0.15) is 0 Å². The molecule has 1 amide bonds. The fourth-order valence-electron chi connectivity index (χ4n) is 4.23. The topological polar surface area (TPSA) is 55.8 Å². The van der Waals surface area contributed by atoms with E-state index in [9.17, 15) is 9.59 Å². The van der Waals surface area contributed by atoms with Crippen molar-refractivity contribution in [2.75, 3.05) is 18.1 Å². The van der Waals surface area contributed by atoms with Crippen molar-refractivity contribution in [1.82, 2.24) is 0 Å². The third-order valence-electron chi connectivity index (χ3n) is 5.50. The summed E-state index contributed by atoms with van der Waals surface area (Å²) >= 11 is 5.95. The highest BCUT2D eigenvalue weighted by Crippen LogP contribution is 2.52. The molecular weight excluding hydrogens is 354 g/mol. The Morgan fingerprint density at radius 2 is 2.12 bits per heavy atom. The van der Waals surface area contributed by atoms with E-state index >= 15 is 0 Å². The standard InChI is InChI=1S/C20H22ClNO4/c1-2-3-4-11-25-19(24)16-15-9-10-20(26-15)12-22(18(23)17(16)20)14-7-5-13(21)6-8-14/h5-10,15-17H,2-4,11-12H2,1H3/t15-,16+,17-,20+/m0/s1. The van der Waals surface area contributed by atoms with Gasteiger partial charge in [-0.1, -0.05) is 43.5 Å². The zero-order valence-electron chi connectivity index (χ0n) is 14.7. The first kappa shape index (κ1) is 17.6. The number of ether oxygens (including phenoxy) is 2. The molecule has 0 N–H and O–H groups in total. The highest BCUT2D eigenvalue weighted by molar-refractivity contribution is 6.30. The van der Waals surface area contributed by atoms with E-state index in [1.54, 1.807) is 17.0 Å². The number of anilines is 1. The predicted molar refractivity (Wildman–Crippen MR) is 98.0 cm³/mol. The summed E-state index contributed by atoms with van der Waals surface area (Å²) < 4.78 is 11.5. The van der Waals surface area contributed by atoms with Crippen LogP contribution in [-0.4, -0.2) is 36.7 Å². The monoisotopic (exact) mass is 375 g/mol. The summed E-state index contributed by atoms with van der Waals surface area (Å²) in [6.07, 6.45) is 6.40. The van der Waals surface area contributed by atoms with Crippen molar-refractivity contribution in [3.05, 3.63) is 41.4 Å². The molecule has 2 saturated heterocycles. The quantitative estimate of drug-likeness (QED) is 0.434. The second kappa shape index (κ2) is 6.71. The highest BCUT2D eigenvalue weighted by Gasteiger charge is 2.67. The Hall–Kier alpha value is -1.85. The lowest BCUT2D eigenvalue weighted by atomic mass is 9.77. The van der Waals surface area contributed by atoms with Gasteiger partial charge in [-0.05, 0) is 30.7 Å². The molecule has 1 aromatic rings. The molecule has 0 aromatic heterocycles. The van der Waals surface area contributed by atoms with Crippen molar-refractivity contribution in [1.29, 1.82) is 0 Å². The molecule has 1 spiro atoms. The molecule has 3 heterocycles. The number of unbranched alkanes of at least 4 members (excludes halogenated alkanes) is 2. The third-order valence-corrected chi connectivity index (χ3v) is 5.75. The molecule has 0 saturated carbocycles. The molecule has 0 radical (unpaired) electrons. The molecule has 4 atom stereocenters. The van der Waals surface area contributed by atoms with Crippen molar-refractivity contribution in [3.63, 3.8) is 0 Å². The predicted octanol–water partition coefficient (Wildman–Crippen LogP) is 3.36. The minimum Gasteiger partial charge on any atom is -0.465 e. The Bertz CT molecular complexity index is 747. The molecule has 2 fully saturated rings. The van der Waals surface area contributed by atoms with E-state index in [-0.39, 0.29) is 18.0 Å². The van der Waals surface area contributed by atoms with Gasteiger partial charge in [0.25, 0.3) is 0 Å². The molecule has 5 nitrogen and oxygen atoms in total.